The third kappa shape index (κ3) is 2.61. The van der Waals surface area contributed by atoms with Crippen LogP contribution in [-0.4, -0.2) is 34.9 Å². The van der Waals surface area contributed by atoms with Crippen LogP contribution in [0.15, 0.2) is 5.16 Å². The van der Waals surface area contributed by atoms with E-state index in [-0.39, 0.29) is 23.6 Å². The van der Waals surface area contributed by atoms with Gasteiger partial charge in [0, 0.05) is 13.1 Å². The largest absolute Gasteiger partial charge is 0.409 e. The van der Waals surface area contributed by atoms with Crippen molar-refractivity contribution in [3.05, 3.63) is 0 Å². The van der Waals surface area contributed by atoms with Crippen molar-refractivity contribution >= 4 is 11.7 Å². The monoisotopic (exact) mass is 199 g/mol. The summed E-state index contributed by atoms with van der Waals surface area (Å²) in [5, 5.41) is 11.1. The maximum absolute atomic E-state index is 11.6. The highest BCUT2D eigenvalue weighted by molar-refractivity contribution is 5.98. The number of carbonyl (C=O) groups excluding carboxylic acids is 1. The molecule has 0 spiro atoms. The van der Waals surface area contributed by atoms with E-state index in [1.165, 1.54) is 0 Å². The zero-order valence-corrected chi connectivity index (χ0v) is 8.66. The lowest BCUT2D eigenvalue weighted by Crippen LogP contribution is -2.33. The topological polar surface area (TPSA) is 78.9 Å². The average molecular weight is 199 g/mol. The van der Waals surface area contributed by atoms with Gasteiger partial charge in [-0.15, -0.1) is 0 Å². The molecule has 14 heavy (non-hydrogen) atoms. The molecule has 80 valence electrons. The van der Waals surface area contributed by atoms with Gasteiger partial charge in [-0.3, -0.25) is 4.79 Å². The quantitative estimate of drug-likeness (QED) is 0.292. The van der Waals surface area contributed by atoms with Gasteiger partial charge < -0.3 is 15.8 Å². The Kier molecular flexibility index (Phi) is 2.98. The Hall–Kier alpha value is -1.26. The molecule has 0 radical (unpaired) electrons. The first-order valence-electron chi connectivity index (χ1n) is 4.69. The number of amides is 1. The zero-order chi connectivity index (χ0) is 10.8. The van der Waals surface area contributed by atoms with Crippen LogP contribution in [0.5, 0.6) is 0 Å². The molecule has 3 N–H and O–H groups in total. The van der Waals surface area contributed by atoms with E-state index in [1.807, 2.05) is 0 Å². The van der Waals surface area contributed by atoms with Gasteiger partial charge in [-0.25, -0.2) is 0 Å². The summed E-state index contributed by atoms with van der Waals surface area (Å²) >= 11 is 0. The molecule has 5 nitrogen and oxygen atoms in total. The third-order valence-corrected chi connectivity index (χ3v) is 2.49. The molecule has 1 fully saturated rings. The third-order valence-electron chi connectivity index (χ3n) is 2.49. The minimum atomic E-state index is -0.0640. The summed E-state index contributed by atoms with van der Waals surface area (Å²) in [6.45, 7) is 5.78. The van der Waals surface area contributed by atoms with Gasteiger partial charge in [0.25, 0.3) is 0 Å². The number of nitrogens with two attached hydrogens (primary N) is 1. The van der Waals surface area contributed by atoms with Crippen molar-refractivity contribution in [3.8, 4) is 0 Å². The van der Waals surface area contributed by atoms with Crippen LogP contribution < -0.4 is 5.73 Å². The van der Waals surface area contributed by atoms with Crippen molar-refractivity contribution in [2.45, 2.75) is 26.7 Å². The van der Waals surface area contributed by atoms with Crippen LogP contribution in [-0.2, 0) is 4.79 Å². The van der Waals surface area contributed by atoms with E-state index in [0.717, 1.165) is 19.5 Å². The Morgan fingerprint density at radius 1 is 1.64 bits per heavy atom. The number of hydrogen-bond acceptors (Lipinski definition) is 3. The number of carbonyl (C=O) groups is 1. The van der Waals surface area contributed by atoms with Gasteiger partial charge in [-0.2, -0.15) is 0 Å². The normalized spacial score (nSPS) is 21.3. The molecule has 0 unspecified atom stereocenters. The molecule has 5 heteroatoms. The van der Waals surface area contributed by atoms with Gasteiger partial charge in [0.2, 0.25) is 5.91 Å². The minimum Gasteiger partial charge on any atom is -0.409 e. The molecular weight excluding hydrogens is 182 g/mol. The molecule has 0 bridgehead atoms. The van der Waals surface area contributed by atoms with Crippen LogP contribution in [0.4, 0.5) is 0 Å². The maximum atomic E-state index is 11.6. The summed E-state index contributed by atoms with van der Waals surface area (Å²) in [6, 6.07) is 0. The summed E-state index contributed by atoms with van der Waals surface area (Å²) in [7, 11) is 0. The molecule has 1 aliphatic heterocycles. The van der Waals surface area contributed by atoms with Crippen molar-refractivity contribution in [3.63, 3.8) is 0 Å². The SMILES string of the molecule is CC1(C)CCN(C(=O)C/C(N)=N/O)C1. The van der Waals surface area contributed by atoms with Crippen LogP contribution in [0, 0.1) is 5.41 Å². The second kappa shape index (κ2) is 3.86. The Bertz CT molecular complexity index is 261. The number of oxime groups is 1. The van der Waals surface area contributed by atoms with Crippen LogP contribution >= 0.6 is 0 Å². The highest BCUT2D eigenvalue weighted by atomic mass is 16.4. The lowest BCUT2D eigenvalue weighted by atomic mass is 9.93. The molecule has 1 saturated heterocycles. The van der Waals surface area contributed by atoms with E-state index in [2.05, 4.69) is 19.0 Å². The van der Waals surface area contributed by atoms with Crippen LogP contribution in [0.25, 0.3) is 0 Å². The van der Waals surface area contributed by atoms with Gasteiger partial charge in [-0.1, -0.05) is 19.0 Å². The summed E-state index contributed by atoms with van der Waals surface area (Å²) < 4.78 is 0. The number of nitrogens with zero attached hydrogens (tertiary/aromatic N) is 2. The van der Waals surface area contributed by atoms with Gasteiger partial charge in [0.15, 0.2) is 0 Å². The molecule has 1 rings (SSSR count). The summed E-state index contributed by atoms with van der Waals surface area (Å²) in [4.78, 5) is 13.3. The number of likely N-dealkylation sites (tertiary alicyclic amines) is 1. The van der Waals surface area contributed by atoms with Crippen molar-refractivity contribution in [2.24, 2.45) is 16.3 Å². The fraction of sp³-hybridized carbons (Fsp3) is 0.778. The number of hydrogen-bond donors (Lipinski definition) is 2. The second-order valence-corrected chi connectivity index (χ2v) is 4.50. The van der Waals surface area contributed by atoms with Gasteiger partial charge in [0.1, 0.15) is 5.84 Å². The summed E-state index contributed by atoms with van der Waals surface area (Å²) in [5.74, 6) is -0.0921. The molecule has 1 heterocycles. The Balaban J connectivity index is 2.48. The van der Waals surface area contributed by atoms with E-state index < -0.39 is 0 Å². The molecule has 0 atom stereocenters. The van der Waals surface area contributed by atoms with Crippen molar-refractivity contribution in [1.29, 1.82) is 0 Å². The molecule has 0 aromatic carbocycles. The first-order chi connectivity index (χ1) is 6.44. The minimum absolute atomic E-state index is 0.00653. The Morgan fingerprint density at radius 3 is 2.71 bits per heavy atom. The van der Waals surface area contributed by atoms with E-state index in [4.69, 9.17) is 10.9 Å². The van der Waals surface area contributed by atoms with Crippen molar-refractivity contribution < 1.29 is 10.0 Å². The predicted molar refractivity (Wildman–Crippen MR) is 53.0 cm³/mol. The highest BCUT2D eigenvalue weighted by Gasteiger charge is 2.31. The zero-order valence-electron chi connectivity index (χ0n) is 8.66. The van der Waals surface area contributed by atoms with Crippen LogP contribution in [0.2, 0.25) is 0 Å². The van der Waals surface area contributed by atoms with Crippen molar-refractivity contribution in [2.75, 3.05) is 13.1 Å². The molecule has 0 aromatic heterocycles. The number of rotatable bonds is 2. The molecule has 0 aliphatic carbocycles. The van der Waals surface area contributed by atoms with E-state index in [0.29, 0.717) is 0 Å². The van der Waals surface area contributed by atoms with Gasteiger partial charge in [-0.05, 0) is 11.8 Å². The summed E-state index contributed by atoms with van der Waals surface area (Å²) in [6.07, 6.45) is 1.02. The highest BCUT2D eigenvalue weighted by Crippen LogP contribution is 2.28. The Morgan fingerprint density at radius 2 is 2.29 bits per heavy atom. The summed E-state index contributed by atoms with van der Waals surface area (Å²) in [5.41, 5.74) is 5.46. The predicted octanol–water partition coefficient (Wildman–Crippen LogP) is 0.381. The lowest BCUT2D eigenvalue weighted by Gasteiger charge is -2.19. The molecule has 1 aliphatic rings. The number of amidine groups is 1. The fourth-order valence-electron chi connectivity index (χ4n) is 1.63. The standard InChI is InChI=1S/C9H17N3O2/c1-9(2)3-4-12(6-9)8(13)5-7(10)11-14/h14H,3-6H2,1-2H3,(H2,10,11). The molecule has 0 saturated carbocycles. The first kappa shape index (κ1) is 10.8. The second-order valence-electron chi connectivity index (χ2n) is 4.50. The first-order valence-corrected chi connectivity index (χ1v) is 4.69. The van der Waals surface area contributed by atoms with Gasteiger partial charge >= 0.3 is 0 Å². The van der Waals surface area contributed by atoms with Gasteiger partial charge in [0.05, 0.1) is 6.42 Å². The molecular formula is C9H17N3O2. The molecule has 1 amide bonds. The van der Waals surface area contributed by atoms with E-state index in [1.54, 1.807) is 4.90 Å². The molecule has 0 aromatic rings. The maximum Gasteiger partial charge on any atom is 0.230 e. The Labute approximate surface area is 83.6 Å². The van der Waals surface area contributed by atoms with Crippen LogP contribution in [0.1, 0.15) is 26.7 Å². The van der Waals surface area contributed by atoms with E-state index in [9.17, 15) is 4.79 Å². The van der Waals surface area contributed by atoms with E-state index >= 15 is 0 Å². The van der Waals surface area contributed by atoms with Crippen molar-refractivity contribution in [1.82, 2.24) is 4.90 Å². The van der Waals surface area contributed by atoms with Crippen LogP contribution in [0.3, 0.4) is 0 Å². The lowest BCUT2D eigenvalue weighted by molar-refractivity contribution is -0.129. The smallest absolute Gasteiger partial charge is 0.230 e. The fourth-order valence-corrected chi connectivity index (χ4v) is 1.63. The average Bonchev–Trinajstić information content (AvgIpc) is 2.46.